The van der Waals surface area contributed by atoms with Crippen LogP contribution in [0.3, 0.4) is 0 Å². The fraction of sp³-hybridized carbons (Fsp3) is 0.0769. The number of hydrogen-bond donors (Lipinski definition) is 1. The Kier molecular flexibility index (Phi) is 3.46. The van der Waals surface area contributed by atoms with Crippen LogP contribution in [0.15, 0.2) is 36.4 Å². The topological polar surface area (TPSA) is 29.5 Å². The first-order valence-electron chi connectivity index (χ1n) is 4.94. The maximum atomic E-state index is 9.54. The summed E-state index contributed by atoms with van der Waals surface area (Å²) in [5.74, 6) is 0.671. The normalized spacial score (nSPS) is 10.3. The summed E-state index contributed by atoms with van der Waals surface area (Å²) in [6.45, 7) is 0. The Morgan fingerprint density at radius 1 is 0.941 bits per heavy atom. The molecule has 2 aromatic carbocycles. The molecule has 2 rings (SSSR count). The highest BCUT2D eigenvalue weighted by Crippen LogP contribution is 2.33. The predicted octanol–water partition coefficient (Wildman–Crippen LogP) is 4.37. The van der Waals surface area contributed by atoms with Crippen LogP contribution in [0, 0.1) is 0 Å². The SMILES string of the molecule is COc1ccc(-c2ccc(Cl)c(O)c2)cc1Cl. The lowest BCUT2D eigenvalue weighted by Crippen LogP contribution is -1.85. The summed E-state index contributed by atoms with van der Waals surface area (Å²) in [4.78, 5) is 0. The number of halogens is 2. The van der Waals surface area contributed by atoms with Crippen molar-refractivity contribution < 1.29 is 9.84 Å². The highest BCUT2D eigenvalue weighted by molar-refractivity contribution is 6.32. The van der Waals surface area contributed by atoms with Gasteiger partial charge in [0.2, 0.25) is 0 Å². The number of aromatic hydroxyl groups is 1. The first kappa shape index (κ1) is 12.1. The van der Waals surface area contributed by atoms with Crippen LogP contribution in [-0.4, -0.2) is 12.2 Å². The molecule has 88 valence electrons. The minimum atomic E-state index is 0.0520. The fourth-order valence-corrected chi connectivity index (χ4v) is 1.91. The number of phenols is 1. The summed E-state index contributed by atoms with van der Waals surface area (Å²) < 4.78 is 5.08. The number of benzene rings is 2. The van der Waals surface area contributed by atoms with Gasteiger partial charge in [0.1, 0.15) is 11.5 Å². The van der Waals surface area contributed by atoms with E-state index in [2.05, 4.69) is 0 Å². The Morgan fingerprint density at radius 2 is 1.59 bits per heavy atom. The maximum Gasteiger partial charge on any atom is 0.137 e. The molecule has 0 aliphatic rings. The molecule has 0 aromatic heterocycles. The van der Waals surface area contributed by atoms with Crippen molar-refractivity contribution in [2.75, 3.05) is 7.11 Å². The minimum Gasteiger partial charge on any atom is -0.506 e. The summed E-state index contributed by atoms with van der Waals surface area (Å²) in [6, 6.07) is 10.5. The van der Waals surface area contributed by atoms with Crippen molar-refractivity contribution in [2.24, 2.45) is 0 Å². The Labute approximate surface area is 109 Å². The van der Waals surface area contributed by atoms with Crippen molar-refractivity contribution in [3.8, 4) is 22.6 Å². The highest BCUT2D eigenvalue weighted by Gasteiger charge is 2.06. The molecule has 2 nitrogen and oxygen atoms in total. The van der Waals surface area contributed by atoms with Gasteiger partial charge >= 0.3 is 0 Å². The number of methoxy groups -OCH3 is 1. The zero-order chi connectivity index (χ0) is 12.4. The molecule has 17 heavy (non-hydrogen) atoms. The molecule has 1 N–H and O–H groups in total. The second kappa shape index (κ2) is 4.86. The lowest BCUT2D eigenvalue weighted by molar-refractivity contribution is 0.415. The van der Waals surface area contributed by atoms with Crippen molar-refractivity contribution in [1.29, 1.82) is 0 Å². The summed E-state index contributed by atoms with van der Waals surface area (Å²) >= 11 is 11.8. The van der Waals surface area contributed by atoms with Gasteiger partial charge in [0, 0.05) is 0 Å². The van der Waals surface area contributed by atoms with Gasteiger partial charge in [-0.05, 0) is 35.4 Å². The molecule has 0 radical (unpaired) electrons. The van der Waals surface area contributed by atoms with Gasteiger partial charge in [-0.25, -0.2) is 0 Å². The number of hydrogen-bond acceptors (Lipinski definition) is 2. The quantitative estimate of drug-likeness (QED) is 0.876. The van der Waals surface area contributed by atoms with Crippen molar-refractivity contribution in [3.63, 3.8) is 0 Å². The zero-order valence-corrected chi connectivity index (χ0v) is 10.6. The summed E-state index contributed by atoms with van der Waals surface area (Å²) in [6.07, 6.45) is 0. The molecular formula is C13H10Cl2O2. The third-order valence-electron chi connectivity index (χ3n) is 2.43. The second-order valence-corrected chi connectivity index (χ2v) is 4.33. The van der Waals surface area contributed by atoms with Crippen molar-refractivity contribution in [3.05, 3.63) is 46.4 Å². The van der Waals surface area contributed by atoms with Crippen LogP contribution in [-0.2, 0) is 0 Å². The van der Waals surface area contributed by atoms with Gasteiger partial charge in [0.05, 0.1) is 17.2 Å². The van der Waals surface area contributed by atoms with Gasteiger partial charge < -0.3 is 9.84 Å². The van der Waals surface area contributed by atoms with Crippen molar-refractivity contribution in [1.82, 2.24) is 0 Å². The molecule has 0 saturated heterocycles. The Morgan fingerprint density at radius 3 is 2.18 bits per heavy atom. The maximum absolute atomic E-state index is 9.54. The Bertz CT molecular complexity index is 553. The van der Waals surface area contributed by atoms with Crippen LogP contribution in [0.5, 0.6) is 11.5 Å². The van der Waals surface area contributed by atoms with Gasteiger partial charge in [-0.3, -0.25) is 0 Å². The highest BCUT2D eigenvalue weighted by atomic mass is 35.5. The first-order chi connectivity index (χ1) is 8.11. The largest absolute Gasteiger partial charge is 0.506 e. The number of phenolic OH excluding ortho intramolecular Hbond substituents is 1. The van der Waals surface area contributed by atoms with Crippen molar-refractivity contribution >= 4 is 23.2 Å². The molecule has 2 aromatic rings. The molecular weight excluding hydrogens is 259 g/mol. The van der Waals surface area contributed by atoms with Gasteiger partial charge in [0.25, 0.3) is 0 Å². The second-order valence-electron chi connectivity index (χ2n) is 3.52. The van der Waals surface area contributed by atoms with Crippen LogP contribution in [0.25, 0.3) is 11.1 Å². The van der Waals surface area contributed by atoms with E-state index in [4.69, 9.17) is 27.9 Å². The Hall–Kier alpha value is -1.38. The minimum absolute atomic E-state index is 0.0520. The zero-order valence-electron chi connectivity index (χ0n) is 9.08. The molecule has 0 aliphatic carbocycles. The van der Waals surface area contributed by atoms with E-state index in [1.165, 1.54) is 0 Å². The molecule has 0 heterocycles. The van der Waals surface area contributed by atoms with Crippen LogP contribution in [0.2, 0.25) is 10.0 Å². The Balaban J connectivity index is 2.46. The standard InChI is InChI=1S/C13H10Cl2O2/c1-17-13-5-3-8(6-11(13)15)9-2-4-10(14)12(16)7-9/h2-7,16H,1H3. The molecule has 0 atom stereocenters. The van der Waals surface area contributed by atoms with E-state index in [-0.39, 0.29) is 5.75 Å². The van der Waals surface area contributed by atoms with Crippen LogP contribution in [0.1, 0.15) is 0 Å². The predicted molar refractivity (Wildman–Crippen MR) is 70.1 cm³/mol. The monoisotopic (exact) mass is 268 g/mol. The van der Waals surface area contributed by atoms with Gasteiger partial charge in [-0.2, -0.15) is 0 Å². The van der Waals surface area contributed by atoms with Crippen LogP contribution in [0.4, 0.5) is 0 Å². The van der Waals surface area contributed by atoms with E-state index in [1.807, 2.05) is 12.1 Å². The number of ether oxygens (including phenoxy) is 1. The van der Waals surface area contributed by atoms with E-state index < -0.39 is 0 Å². The van der Waals surface area contributed by atoms with E-state index in [0.29, 0.717) is 15.8 Å². The first-order valence-corrected chi connectivity index (χ1v) is 5.70. The van der Waals surface area contributed by atoms with Crippen molar-refractivity contribution in [2.45, 2.75) is 0 Å². The van der Waals surface area contributed by atoms with E-state index in [9.17, 15) is 5.11 Å². The van der Waals surface area contributed by atoms with E-state index in [1.54, 1.807) is 31.4 Å². The molecule has 0 unspecified atom stereocenters. The third-order valence-corrected chi connectivity index (χ3v) is 3.05. The lowest BCUT2D eigenvalue weighted by atomic mass is 10.1. The van der Waals surface area contributed by atoms with E-state index >= 15 is 0 Å². The molecule has 0 bridgehead atoms. The summed E-state index contributed by atoms with van der Waals surface area (Å²) in [7, 11) is 1.56. The van der Waals surface area contributed by atoms with Gasteiger partial charge in [0.15, 0.2) is 0 Å². The van der Waals surface area contributed by atoms with Gasteiger partial charge in [-0.1, -0.05) is 35.3 Å². The average molecular weight is 269 g/mol. The molecule has 0 saturated carbocycles. The summed E-state index contributed by atoms with van der Waals surface area (Å²) in [5, 5.41) is 10.4. The average Bonchev–Trinajstić information content (AvgIpc) is 2.32. The van der Waals surface area contributed by atoms with Crippen LogP contribution < -0.4 is 4.74 Å². The smallest absolute Gasteiger partial charge is 0.137 e. The van der Waals surface area contributed by atoms with Crippen LogP contribution >= 0.6 is 23.2 Å². The molecule has 0 spiro atoms. The fourth-order valence-electron chi connectivity index (χ4n) is 1.54. The molecule has 0 aliphatic heterocycles. The number of rotatable bonds is 2. The van der Waals surface area contributed by atoms with E-state index in [0.717, 1.165) is 11.1 Å². The molecule has 0 fully saturated rings. The summed E-state index contributed by atoms with van der Waals surface area (Å²) in [5.41, 5.74) is 1.74. The van der Waals surface area contributed by atoms with Gasteiger partial charge in [-0.15, -0.1) is 0 Å². The molecule has 4 heteroatoms. The third kappa shape index (κ3) is 2.48. The lowest BCUT2D eigenvalue weighted by Gasteiger charge is -2.07. The molecule has 0 amide bonds.